The molecule has 2 aromatic heterocycles. The summed E-state index contributed by atoms with van der Waals surface area (Å²) in [7, 11) is 0. The molecule has 7 aromatic carbocycles. The first-order chi connectivity index (χ1) is 31.3. The largest absolute Gasteiger partial charge is 0.507 e. The van der Waals surface area contributed by atoms with Crippen LogP contribution in [0.2, 0.25) is 0 Å². The Morgan fingerprint density at radius 2 is 1.08 bits per heavy atom. The molecular weight excluding hydrogens is 985 g/mol. The van der Waals surface area contributed by atoms with E-state index in [0.717, 1.165) is 33.7 Å². The summed E-state index contributed by atoms with van der Waals surface area (Å²) in [6.45, 7) is 22.7. The molecule has 1 N–H and O–H groups in total. The van der Waals surface area contributed by atoms with E-state index in [2.05, 4.69) is 183 Å². The Morgan fingerprint density at radius 1 is 0.530 bits per heavy atom. The number of para-hydroxylation sites is 1. The maximum atomic E-state index is 10.7. The fourth-order valence-corrected chi connectivity index (χ4v) is 10.2. The second-order valence-electron chi connectivity index (χ2n) is 18.7. The Balaban J connectivity index is 0.00000592. The topological polar surface area (TPSA) is 50.9 Å². The van der Waals surface area contributed by atoms with Crippen molar-refractivity contribution in [1.29, 1.82) is 0 Å². The smallest absolute Gasteiger partial charge is 0.242 e. The molecule has 0 aliphatic carbocycles. The summed E-state index contributed by atoms with van der Waals surface area (Å²) < 4.78 is 2.44. The summed E-state index contributed by atoms with van der Waals surface area (Å²) >= 11 is 0. The van der Waals surface area contributed by atoms with Gasteiger partial charge in [0.25, 0.3) is 0 Å². The monoisotopic (exact) mass is 1040 g/mol. The van der Waals surface area contributed by atoms with Crippen molar-refractivity contribution in [1.82, 2.24) is 14.5 Å². The summed E-state index contributed by atoms with van der Waals surface area (Å²) in [4.78, 5) is 10.6. The van der Waals surface area contributed by atoms with Crippen molar-refractivity contribution in [2.45, 2.75) is 81.1 Å². The molecule has 332 valence electrons. The van der Waals surface area contributed by atoms with Gasteiger partial charge in [0.05, 0.1) is 22.6 Å². The number of rotatable bonds is 10. The predicted molar refractivity (Wildman–Crippen MR) is 275 cm³/mol. The van der Waals surface area contributed by atoms with E-state index in [4.69, 9.17) is 9.97 Å². The number of aromatic hydroxyl groups is 1. The molecule has 66 heavy (non-hydrogen) atoms. The van der Waals surface area contributed by atoms with Crippen molar-refractivity contribution in [3.8, 4) is 56.5 Å². The third-order valence-electron chi connectivity index (χ3n) is 13.0. The van der Waals surface area contributed by atoms with Gasteiger partial charge in [0.2, 0.25) is 6.71 Å². The first-order valence-electron chi connectivity index (χ1n) is 23.0. The zero-order valence-electron chi connectivity index (χ0n) is 39.7. The van der Waals surface area contributed by atoms with Crippen LogP contribution < -0.4 is 16.4 Å². The molecule has 0 bridgehead atoms. The Bertz CT molecular complexity index is 3120. The van der Waals surface area contributed by atoms with Crippen molar-refractivity contribution in [3.05, 3.63) is 196 Å². The number of phenols is 1. The van der Waals surface area contributed by atoms with Gasteiger partial charge in [-0.05, 0) is 118 Å². The van der Waals surface area contributed by atoms with Gasteiger partial charge in [-0.3, -0.25) is 9.97 Å². The number of hydrogen-bond acceptors (Lipinski definition) is 3. The number of aryl methyl sites for hydroxylation is 6. The van der Waals surface area contributed by atoms with Gasteiger partial charge in [-0.2, -0.15) is 0 Å². The molecule has 0 radical (unpaired) electrons. The van der Waals surface area contributed by atoms with E-state index < -0.39 is 0 Å². The van der Waals surface area contributed by atoms with Crippen molar-refractivity contribution in [2.75, 3.05) is 0 Å². The van der Waals surface area contributed by atoms with Crippen LogP contribution in [0, 0.1) is 47.6 Å². The molecular formula is C60H57BN3OPt-. The number of nitrogens with zero attached hydrogens (tertiary/aromatic N) is 3. The van der Waals surface area contributed by atoms with Crippen LogP contribution in [0.5, 0.6) is 5.75 Å². The number of aromatic nitrogens is 3. The van der Waals surface area contributed by atoms with Crippen molar-refractivity contribution in [3.63, 3.8) is 0 Å². The average molecular weight is 1040 g/mol. The molecule has 6 heteroatoms. The first kappa shape index (κ1) is 46.3. The molecule has 0 saturated carbocycles. The summed E-state index contributed by atoms with van der Waals surface area (Å²) in [6.07, 6.45) is 0. The molecule has 0 amide bonds. The van der Waals surface area contributed by atoms with Crippen LogP contribution in [-0.2, 0) is 21.1 Å². The summed E-state index contributed by atoms with van der Waals surface area (Å²) in [5.41, 5.74) is 23.7. The molecule has 0 aliphatic heterocycles. The molecule has 0 aliphatic rings. The van der Waals surface area contributed by atoms with E-state index in [1.54, 1.807) is 6.07 Å². The quantitative estimate of drug-likeness (QED) is 0.110. The van der Waals surface area contributed by atoms with Gasteiger partial charge in [-0.25, -0.2) is 0 Å². The second-order valence-corrected chi connectivity index (χ2v) is 18.7. The van der Waals surface area contributed by atoms with Gasteiger partial charge in [0.15, 0.2) is 0 Å². The van der Waals surface area contributed by atoms with Crippen molar-refractivity contribution < 1.29 is 26.2 Å². The van der Waals surface area contributed by atoms with Gasteiger partial charge >= 0.3 is 0 Å². The molecule has 0 saturated heterocycles. The van der Waals surface area contributed by atoms with E-state index >= 15 is 0 Å². The third-order valence-corrected chi connectivity index (χ3v) is 13.0. The minimum absolute atomic E-state index is 0. The van der Waals surface area contributed by atoms with Crippen LogP contribution in [0.25, 0.3) is 61.8 Å². The van der Waals surface area contributed by atoms with Gasteiger partial charge in [-0.15, -0.1) is 24.3 Å². The van der Waals surface area contributed by atoms with Crippen LogP contribution in [0.1, 0.15) is 84.0 Å². The van der Waals surface area contributed by atoms with Crippen molar-refractivity contribution >= 4 is 34.1 Å². The number of imidazole rings is 1. The summed E-state index contributed by atoms with van der Waals surface area (Å²) in [5.74, 6) is 1.44. The number of hydrogen-bond donors (Lipinski definition) is 1. The average Bonchev–Trinajstić information content (AvgIpc) is 3.66. The van der Waals surface area contributed by atoms with Gasteiger partial charge in [0, 0.05) is 38.0 Å². The molecule has 2 heterocycles. The van der Waals surface area contributed by atoms with Crippen LogP contribution in [0.15, 0.2) is 146 Å². The molecule has 0 fully saturated rings. The Hall–Kier alpha value is -6.29. The Morgan fingerprint density at radius 3 is 1.67 bits per heavy atom. The fraction of sp³-hybridized carbons (Fsp3) is 0.200. The van der Waals surface area contributed by atoms with E-state index in [0.29, 0.717) is 11.3 Å². The number of phenolic OH excluding ortho intramolecular Hbond substituents is 1. The van der Waals surface area contributed by atoms with Gasteiger partial charge in [-0.1, -0.05) is 174 Å². The fourth-order valence-electron chi connectivity index (χ4n) is 10.2. The summed E-state index contributed by atoms with van der Waals surface area (Å²) in [6, 6.07) is 55.2. The van der Waals surface area contributed by atoms with Crippen LogP contribution >= 0.6 is 0 Å². The predicted octanol–water partition coefficient (Wildman–Crippen LogP) is 13.2. The van der Waals surface area contributed by atoms with Gasteiger partial charge < -0.3 is 9.67 Å². The molecule has 0 spiro atoms. The number of benzene rings is 7. The Kier molecular flexibility index (Phi) is 13.2. The number of pyridine rings is 1. The van der Waals surface area contributed by atoms with E-state index in [9.17, 15) is 5.11 Å². The van der Waals surface area contributed by atoms with E-state index in [1.165, 1.54) is 77.7 Å². The van der Waals surface area contributed by atoms with E-state index in [-0.39, 0.29) is 45.4 Å². The minimum Gasteiger partial charge on any atom is -0.507 e. The number of fused-ring (bicyclic) bond motifs is 1. The zero-order chi connectivity index (χ0) is 45.7. The summed E-state index contributed by atoms with van der Waals surface area (Å²) in [5, 5.41) is 10.7. The molecule has 0 unspecified atom stereocenters. The standard InChI is InChI=1S/C60H57BN3O.Pt/c1-36(2)50-33-47(44-18-12-11-13-19-44)34-51(37(3)4)59(50)64-55-35-48(61(57-40(7)28-38(5)29-41(57)8)58-42(9)30-39(6)31-43(58)10)26-27-54(55)63-60(64)46-21-16-20-45(32-46)52-23-17-24-53(62-52)49-22-14-15-25-56(49)65;/h11-31,33-37,65H,1-10H3;/q-1;. The van der Waals surface area contributed by atoms with Crippen LogP contribution in [0.4, 0.5) is 0 Å². The zero-order valence-corrected chi connectivity index (χ0v) is 42.0. The minimum atomic E-state index is -0.000660. The Labute approximate surface area is 406 Å². The normalized spacial score (nSPS) is 11.4. The van der Waals surface area contributed by atoms with E-state index in [1.807, 2.05) is 36.4 Å². The molecule has 0 atom stereocenters. The maximum Gasteiger partial charge on any atom is 0.242 e. The molecule has 9 aromatic rings. The second kappa shape index (κ2) is 18.9. The third kappa shape index (κ3) is 8.74. The molecule has 9 rings (SSSR count). The van der Waals surface area contributed by atoms with Gasteiger partial charge in [0.1, 0.15) is 5.75 Å². The molecule has 4 nitrogen and oxygen atoms in total. The maximum absolute atomic E-state index is 10.7. The van der Waals surface area contributed by atoms with Crippen LogP contribution in [-0.4, -0.2) is 26.4 Å². The van der Waals surface area contributed by atoms with Crippen LogP contribution in [0.3, 0.4) is 0 Å². The first-order valence-corrected chi connectivity index (χ1v) is 23.0. The van der Waals surface area contributed by atoms with Crippen molar-refractivity contribution in [2.24, 2.45) is 0 Å². The SMILES string of the molecule is Cc1cc(C)c(B(c2ccc3nc(-c4[c-]c(-c5cccc(-c6ccccc6O)n5)ccc4)n(-c4c(C(C)C)cc(-c5ccccc5)cc4C(C)C)c3c2)c2c(C)cc(C)cc2C)c(C)c1.[Pt].